The van der Waals surface area contributed by atoms with Gasteiger partial charge in [-0.05, 0) is 48.2 Å². The highest BCUT2D eigenvalue weighted by molar-refractivity contribution is 9.10. The lowest BCUT2D eigenvalue weighted by molar-refractivity contribution is 0.393. The summed E-state index contributed by atoms with van der Waals surface area (Å²) in [5.74, 6) is 0.476. The second-order valence-corrected chi connectivity index (χ2v) is 6.20. The average molecular weight is 334 g/mol. The maximum Gasteiger partial charge on any atom is 0.126 e. The van der Waals surface area contributed by atoms with E-state index in [0.29, 0.717) is 5.92 Å². The first-order valence-electron chi connectivity index (χ1n) is 6.96. The Labute approximate surface area is 127 Å². The van der Waals surface area contributed by atoms with Crippen LogP contribution in [0.4, 0.5) is 4.39 Å². The predicted octanol–water partition coefficient (Wildman–Crippen LogP) is 4.45. The van der Waals surface area contributed by atoms with Crippen molar-refractivity contribution in [2.24, 2.45) is 0 Å². The molecule has 0 aromatic heterocycles. The Morgan fingerprint density at radius 2 is 1.90 bits per heavy atom. The van der Waals surface area contributed by atoms with Crippen LogP contribution in [0.5, 0.6) is 0 Å². The predicted molar refractivity (Wildman–Crippen MR) is 83.5 cm³/mol. The SMILES string of the molecule is Fc1ccccc1C1CCNCC1c1cccc(Br)c1. The molecule has 0 bridgehead atoms. The van der Waals surface area contributed by atoms with Gasteiger partial charge < -0.3 is 5.32 Å². The highest BCUT2D eigenvalue weighted by Gasteiger charge is 2.29. The molecule has 1 fully saturated rings. The van der Waals surface area contributed by atoms with Crippen LogP contribution in [0.3, 0.4) is 0 Å². The van der Waals surface area contributed by atoms with Crippen LogP contribution in [0.1, 0.15) is 29.4 Å². The van der Waals surface area contributed by atoms with Crippen LogP contribution in [-0.2, 0) is 0 Å². The first kappa shape index (κ1) is 13.8. The Morgan fingerprint density at radius 3 is 2.70 bits per heavy atom. The number of benzene rings is 2. The third-order valence-corrected chi connectivity index (χ3v) is 4.56. The third-order valence-electron chi connectivity index (χ3n) is 4.06. The lowest BCUT2D eigenvalue weighted by atomic mass is 9.77. The molecule has 0 saturated carbocycles. The van der Waals surface area contributed by atoms with E-state index in [-0.39, 0.29) is 11.7 Å². The second-order valence-electron chi connectivity index (χ2n) is 5.28. The number of nitrogens with one attached hydrogen (secondary N) is 1. The van der Waals surface area contributed by atoms with Crippen LogP contribution >= 0.6 is 15.9 Å². The number of piperidine rings is 1. The fraction of sp³-hybridized carbons (Fsp3) is 0.294. The molecular weight excluding hydrogens is 317 g/mol. The Kier molecular flexibility index (Phi) is 4.18. The molecule has 2 unspecified atom stereocenters. The van der Waals surface area contributed by atoms with Crippen LogP contribution in [0.15, 0.2) is 53.0 Å². The molecule has 1 N–H and O–H groups in total. The topological polar surface area (TPSA) is 12.0 Å². The molecule has 2 atom stereocenters. The second kappa shape index (κ2) is 6.06. The molecule has 0 spiro atoms. The quantitative estimate of drug-likeness (QED) is 0.856. The minimum atomic E-state index is -0.0839. The van der Waals surface area contributed by atoms with Gasteiger partial charge in [0.2, 0.25) is 0 Å². The van der Waals surface area contributed by atoms with E-state index < -0.39 is 0 Å². The van der Waals surface area contributed by atoms with Crippen molar-refractivity contribution >= 4 is 15.9 Å². The zero-order chi connectivity index (χ0) is 13.9. The van der Waals surface area contributed by atoms with Gasteiger partial charge in [0.25, 0.3) is 0 Å². The third kappa shape index (κ3) is 2.79. The molecule has 2 aromatic rings. The van der Waals surface area contributed by atoms with Gasteiger partial charge in [-0.2, -0.15) is 0 Å². The van der Waals surface area contributed by atoms with Gasteiger partial charge in [0.1, 0.15) is 5.82 Å². The van der Waals surface area contributed by atoms with Gasteiger partial charge in [0, 0.05) is 16.9 Å². The van der Waals surface area contributed by atoms with Crippen molar-refractivity contribution in [2.75, 3.05) is 13.1 Å². The minimum absolute atomic E-state index is 0.0839. The maximum absolute atomic E-state index is 14.1. The molecule has 3 rings (SSSR count). The number of rotatable bonds is 2. The van der Waals surface area contributed by atoms with Crippen LogP contribution in [0.2, 0.25) is 0 Å². The number of halogens is 2. The summed E-state index contributed by atoms with van der Waals surface area (Å²) in [7, 11) is 0. The van der Waals surface area contributed by atoms with E-state index in [4.69, 9.17) is 0 Å². The minimum Gasteiger partial charge on any atom is -0.316 e. The zero-order valence-corrected chi connectivity index (χ0v) is 12.7. The summed E-state index contributed by atoms with van der Waals surface area (Å²) < 4.78 is 15.2. The largest absolute Gasteiger partial charge is 0.316 e. The fourth-order valence-corrected chi connectivity index (χ4v) is 3.51. The molecule has 3 heteroatoms. The van der Waals surface area contributed by atoms with Crippen molar-refractivity contribution in [3.05, 3.63) is 69.9 Å². The Bertz CT molecular complexity index is 599. The highest BCUT2D eigenvalue weighted by Crippen LogP contribution is 2.38. The van der Waals surface area contributed by atoms with Crippen molar-refractivity contribution in [1.82, 2.24) is 5.32 Å². The molecule has 1 aliphatic rings. The lowest BCUT2D eigenvalue weighted by Gasteiger charge is -2.33. The van der Waals surface area contributed by atoms with Crippen molar-refractivity contribution in [1.29, 1.82) is 0 Å². The van der Waals surface area contributed by atoms with Crippen LogP contribution in [0.25, 0.3) is 0 Å². The lowest BCUT2D eigenvalue weighted by Crippen LogP contribution is -2.34. The van der Waals surface area contributed by atoms with Crippen LogP contribution in [0, 0.1) is 5.82 Å². The molecule has 1 saturated heterocycles. The monoisotopic (exact) mass is 333 g/mol. The summed E-state index contributed by atoms with van der Waals surface area (Å²) in [6.07, 6.45) is 0.970. The molecule has 1 nitrogen and oxygen atoms in total. The van der Waals surface area contributed by atoms with E-state index in [9.17, 15) is 4.39 Å². The van der Waals surface area contributed by atoms with E-state index in [1.807, 2.05) is 24.3 Å². The van der Waals surface area contributed by atoms with Crippen molar-refractivity contribution in [3.8, 4) is 0 Å². The van der Waals surface area contributed by atoms with E-state index in [1.165, 1.54) is 5.56 Å². The van der Waals surface area contributed by atoms with Crippen LogP contribution < -0.4 is 5.32 Å². The number of hydrogen-bond acceptors (Lipinski definition) is 1. The molecule has 104 valence electrons. The Hall–Kier alpha value is -1.19. The molecular formula is C17H17BrFN. The van der Waals surface area contributed by atoms with Gasteiger partial charge in [-0.3, -0.25) is 0 Å². The first-order chi connectivity index (χ1) is 9.75. The summed E-state index contributed by atoms with van der Waals surface area (Å²) in [5.41, 5.74) is 2.11. The molecule has 1 aliphatic heterocycles. The van der Waals surface area contributed by atoms with Crippen molar-refractivity contribution < 1.29 is 4.39 Å². The summed E-state index contributed by atoms with van der Waals surface area (Å²) in [4.78, 5) is 0. The highest BCUT2D eigenvalue weighted by atomic mass is 79.9. The van der Waals surface area contributed by atoms with Gasteiger partial charge in [0.05, 0.1) is 0 Å². The van der Waals surface area contributed by atoms with Crippen molar-refractivity contribution in [3.63, 3.8) is 0 Å². The molecule has 0 aliphatic carbocycles. The smallest absolute Gasteiger partial charge is 0.126 e. The van der Waals surface area contributed by atoms with E-state index in [1.54, 1.807) is 12.1 Å². The van der Waals surface area contributed by atoms with Gasteiger partial charge in [-0.25, -0.2) is 4.39 Å². The summed E-state index contributed by atoms with van der Waals surface area (Å²) in [5, 5.41) is 3.43. The van der Waals surface area contributed by atoms with Crippen LogP contribution in [-0.4, -0.2) is 13.1 Å². The van der Waals surface area contributed by atoms with Gasteiger partial charge >= 0.3 is 0 Å². The Morgan fingerprint density at radius 1 is 1.05 bits per heavy atom. The van der Waals surface area contributed by atoms with Gasteiger partial charge in [-0.15, -0.1) is 0 Å². The normalized spacial score (nSPS) is 22.7. The average Bonchev–Trinajstić information content (AvgIpc) is 2.48. The number of hydrogen-bond donors (Lipinski definition) is 1. The van der Waals surface area contributed by atoms with Gasteiger partial charge in [0.15, 0.2) is 0 Å². The van der Waals surface area contributed by atoms with E-state index in [2.05, 4.69) is 33.4 Å². The molecule has 20 heavy (non-hydrogen) atoms. The molecule has 1 heterocycles. The van der Waals surface area contributed by atoms with Gasteiger partial charge in [-0.1, -0.05) is 46.3 Å². The molecule has 0 radical (unpaired) electrons. The molecule has 2 aromatic carbocycles. The summed E-state index contributed by atoms with van der Waals surface area (Å²) in [6.45, 7) is 1.85. The van der Waals surface area contributed by atoms with Crippen molar-refractivity contribution in [2.45, 2.75) is 18.3 Å². The first-order valence-corrected chi connectivity index (χ1v) is 7.75. The van der Waals surface area contributed by atoms with E-state index in [0.717, 1.165) is 29.5 Å². The maximum atomic E-state index is 14.1. The standard InChI is InChI=1S/C17H17BrFN/c18-13-5-3-4-12(10-13)16-11-20-9-8-14(16)15-6-1-2-7-17(15)19/h1-7,10,14,16,20H,8-9,11H2. The molecule has 0 amide bonds. The zero-order valence-electron chi connectivity index (χ0n) is 11.2. The summed E-state index contributed by atoms with van der Waals surface area (Å²) >= 11 is 3.52. The fourth-order valence-electron chi connectivity index (χ4n) is 3.09. The summed E-state index contributed by atoms with van der Waals surface area (Å²) in [6, 6.07) is 15.5. The van der Waals surface area contributed by atoms with E-state index >= 15 is 0 Å². The Balaban J connectivity index is 1.98.